The summed E-state index contributed by atoms with van der Waals surface area (Å²) in [6, 6.07) is 5.97. The summed E-state index contributed by atoms with van der Waals surface area (Å²) < 4.78 is 23.2. The molecule has 0 atom stereocenters. The Morgan fingerprint density at radius 2 is 2.00 bits per heavy atom. The smallest absolute Gasteiger partial charge is 0.357 e. The molecule has 6 heteroatoms. The fourth-order valence-corrected chi connectivity index (χ4v) is 2.38. The average Bonchev–Trinajstić information content (AvgIpc) is 2.94. The third-order valence-electron chi connectivity index (χ3n) is 2.57. The zero-order valence-corrected chi connectivity index (χ0v) is 12.7. The van der Waals surface area contributed by atoms with E-state index in [4.69, 9.17) is 9.47 Å². The number of esters is 1. The lowest BCUT2D eigenvalue weighted by molar-refractivity contribution is 0.0173. The van der Waals surface area contributed by atoms with Crippen LogP contribution >= 0.6 is 11.3 Å². The maximum absolute atomic E-state index is 12.9. The first-order chi connectivity index (χ1) is 10.1. The van der Waals surface area contributed by atoms with E-state index >= 15 is 0 Å². The van der Waals surface area contributed by atoms with Crippen LogP contribution in [0.2, 0.25) is 0 Å². The van der Waals surface area contributed by atoms with Crippen LogP contribution in [-0.4, -0.2) is 30.3 Å². The minimum absolute atomic E-state index is 0.105. The first kappa shape index (κ1) is 15.6. The van der Waals surface area contributed by atoms with E-state index in [2.05, 4.69) is 4.98 Å². The summed E-state index contributed by atoms with van der Waals surface area (Å²) >= 11 is 1.32. The Morgan fingerprint density at radius 1 is 1.29 bits per heavy atom. The molecule has 0 N–H and O–H groups in total. The van der Waals surface area contributed by atoms with Crippen molar-refractivity contribution >= 4 is 17.3 Å². The maximum Gasteiger partial charge on any atom is 0.357 e. The summed E-state index contributed by atoms with van der Waals surface area (Å²) in [6.07, 6.45) is 0.105. The van der Waals surface area contributed by atoms with Crippen LogP contribution in [0, 0.1) is 5.82 Å². The number of thiazole rings is 1. The first-order valence-corrected chi connectivity index (χ1v) is 7.44. The number of ether oxygens (including phenoxy) is 2. The van der Waals surface area contributed by atoms with Gasteiger partial charge in [-0.25, -0.2) is 14.2 Å². The Bertz CT molecular complexity index is 595. The zero-order valence-electron chi connectivity index (χ0n) is 11.8. The number of aromatic nitrogens is 1. The molecule has 0 amide bonds. The molecule has 0 bridgehead atoms. The highest BCUT2D eigenvalue weighted by Gasteiger charge is 2.13. The van der Waals surface area contributed by atoms with E-state index < -0.39 is 5.97 Å². The molecule has 0 spiro atoms. The lowest BCUT2D eigenvalue weighted by Gasteiger charge is -2.07. The Hall–Kier alpha value is -1.79. The number of carbonyl (C=O) groups excluding carboxylic acids is 1. The average molecular weight is 309 g/mol. The van der Waals surface area contributed by atoms with Gasteiger partial charge in [0.25, 0.3) is 0 Å². The molecule has 4 nitrogen and oxygen atoms in total. The van der Waals surface area contributed by atoms with Crippen LogP contribution < -0.4 is 0 Å². The lowest BCUT2D eigenvalue weighted by atomic mass is 10.2. The minimum Gasteiger partial charge on any atom is -0.458 e. The molecule has 112 valence electrons. The van der Waals surface area contributed by atoms with E-state index in [1.165, 1.54) is 23.5 Å². The number of hydrogen-bond donors (Lipinski definition) is 0. The summed E-state index contributed by atoms with van der Waals surface area (Å²) in [5.74, 6) is -0.785. The largest absolute Gasteiger partial charge is 0.458 e. The van der Waals surface area contributed by atoms with E-state index in [0.29, 0.717) is 11.6 Å². The number of carbonyl (C=O) groups is 1. The van der Waals surface area contributed by atoms with E-state index in [1.54, 1.807) is 17.5 Å². The van der Waals surface area contributed by atoms with Gasteiger partial charge in [-0.2, -0.15) is 0 Å². The Labute approximate surface area is 126 Å². The zero-order chi connectivity index (χ0) is 15.2. The van der Waals surface area contributed by atoms with Gasteiger partial charge in [-0.05, 0) is 38.1 Å². The molecule has 0 aliphatic rings. The van der Waals surface area contributed by atoms with Crippen LogP contribution in [0.1, 0.15) is 24.3 Å². The van der Waals surface area contributed by atoms with Crippen molar-refractivity contribution in [1.29, 1.82) is 0 Å². The van der Waals surface area contributed by atoms with Gasteiger partial charge in [-0.1, -0.05) is 0 Å². The third-order valence-corrected chi connectivity index (χ3v) is 3.46. The Balaban J connectivity index is 1.93. The second-order valence-electron chi connectivity index (χ2n) is 4.60. The molecule has 0 radical (unpaired) electrons. The van der Waals surface area contributed by atoms with Gasteiger partial charge in [0.05, 0.1) is 12.7 Å². The highest BCUT2D eigenvalue weighted by molar-refractivity contribution is 7.13. The molecule has 21 heavy (non-hydrogen) atoms. The van der Waals surface area contributed by atoms with Crippen LogP contribution in [0.4, 0.5) is 4.39 Å². The molecule has 1 aromatic carbocycles. The molecule has 2 rings (SSSR count). The highest BCUT2D eigenvalue weighted by atomic mass is 32.1. The van der Waals surface area contributed by atoms with E-state index in [1.807, 2.05) is 13.8 Å². The molecule has 0 saturated heterocycles. The predicted octanol–water partition coefficient (Wildman–Crippen LogP) is 3.53. The van der Waals surface area contributed by atoms with Crippen LogP contribution in [0.5, 0.6) is 0 Å². The number of nitrogens with zero attached hydrogens (tertiary/aromatic N) is 1. The quantitative estimate of drug-likeness (QED) is 0.605. The van der Waals surface area contributed by atoms with Crippen molar-refractivity contribution in [2.45, 2.75) is 20.0 Å². The van der Waals surface area contributed by atoms with Gasteiger partial charge in [0, 0.05) is 10.9 Å². The van der Waals surface area contributed by atoms with Crippen molar-refractivity contribution in [3.05, 3.63) is 41.2 Å². The van der Waals surface area contributed by atoms with Gasteiger partial charge < -0.3 is 9.47 Å². The molecule has 0 saturated carbocycles. The van der Waals surface area contributed by atoms with Crippen molar-refractivity contribution in [3.8, 4) is 10.6 Å². The Kier molecular flexibility index (Phi) is 5.41. The van der Waals surface area contributed by atoms with Gasteiger partial charge in [0.15, 0.2) is 5.69 Å². The van der Waals surface area contributed by atoms with Gasteiger partial charge in [0.1, 0.15) is 17.4 Å². The molecule has 1 heterocycles. The molecular formula is C15H16FNO3S. The number of hydrogen-bond acceptors (Lipinski definition) is 5. The SMILES string of the molecule is CC(C)OCCOC(=O)c1csc(-c2ccc(F)cc2)n1. The predicted molar refractivity (Wildman–Crippen MR) is 78.9 cm³/mol. The van der Waals surface area contributed by atoms with Gasteiger partial charge in [0.2, 0.25) is 0 Å². The highest BCUT2D eigenvalue weighted by Crippen LogP contribution is 2.24. The second-order valence-corrected chi connectivity index (χ2v) is 5.46. The third kappa shape index (κ3) is 4.61. The van der Waals surface area contributed by atoms with E-state index in [0.717, 1.165) is 5.56 Å². The molecular weight excluding hydrogens is 293 g/mol. The van der Waals surface area contributed by atoms with Crippen molar-refractivity contribution in [2.75, 3.05) is 13.2 Å². The summed E-state index contributed by atoms with van der Waals surface area (Å²) in [4.78, 5) is 16.0. The number of rotatable bonds is 6. The first-order valence-electron chi connectivity index (χ1n) is 6.56. The van der Waals surface area contributed by atoms with Crippen LogP contribution in [-0.2, 0) is 9.47 Å². The minimum atomic E-state index is -0.480. The summed E-state index contributed by atoms with van der Waals surface area (Å²) in [5.41, 5.74) is 1.02. The fraction of sp³-hybridized carbons (Fsp3) is 0.333. The standard InChI is InChI=1S/C15H16FNO3S/c1-10(2)19-7-8-20-15(18)13-9-21-14(17-13)11-3-5-12(16)6-4-11/h3-6,9-10H,7-8H2,1-2H3. The summed E-state index contributed by atoms with van der Waals surface area (Å²) in [6.45, 7) is 4.38. The van der Waals surface area contributed by atoms with Crippen LogP contribution in [0.15, 0.2) is 29.6 Å². The second kappa shape index (κ2) is 7.28. The number of halogens is 1. The fourth-order valence-electron chi connectivity index (χ4n) is 1.58. The molecule has 0 aliphatic heterocycles. The van der Waals surface area contributed by atoms with Crippen molar-refractivity contribution < 1.29 is 18.7 Å². The monoisotopic (exact) mass is 309 g/mol. The van der Waals surface area contributed by atoms with Crippen LogP contribution in [0.25, 0.3) is 10.6 Å². The number of benzene rings is 1. The molecule has 1 aromatic heterocycles. The van der Waals surface area contributed by atoms with E-state index in [-0.39, 0.29) is 24.2 Å². The van der Waals surface area contributed by atoms with Crippen molar-refractivity contribution in [3.63, 3.8) is 0 Å². The van der Waals surface area contributed by atoms with E-state index in [9.17, 15) is 9.18 Å². The van der Waals surface area contributed by atoms with Crippen molar-refractivity contribution in [1.82, 2.24) is 4.98 Å². The molecule has 2 aromatic rings. The summed E-state index contributed by atoms with van der Waals surface area (Å²) in [5, 5.41) is 2.28. The van der Waals surface area contributed by atoms with Gasteiger partial charge >= 0.3 is 5.97 Å². The normalized spacial score (nSPS) is 10.9. The van der Waals surface area contributed by atoms with Gasteiger partial charge in [-0.15, -0.1) is 11.3 Å². The molecule has 0 aliphatic carbocycles. The molecule has 0 fully saturated rings. The topological polar surface area (TPSA) is 48.4 Å². The van der Waals surface area contributed by atoms with Crippen LogP contribution in [0.3, 0.4) is 0 Å². The summed E-state index contributed by atoms with van der Waals surface area (Å²) in [7, 11) is 0. The lowest BCUT2D eigenvalue weighted by Crippen LogP contribution is -2.13. The van der Waals surface area contributed by atoms with Crippen molar-refractivity contribution in [2.24, 2.45) is 0 Å². The Morgan fingerprint density at radius 3 is 2.67 bits per heavy atom. The molecule has 0 unspecified atom stereocenters. The van der Waals surface area contributed by atoms with Gasteiger partial charge in [-0.3, -0.25) is 0 Å². The maximum atomic E-state index is 12.9.